The second kappa shape index (κ2) is 12.1. The Morgan fingerprint density at radius 3 is 2.42 bits per heavy atom. The van der Waals surface area contributed by atoms with E-state index in [-0.39, 0.29) is 5.91 Å². The molecule has 1 aliphatic rings. The first-order valence-corrected chi connectivity index (χ1v) is 13.0. The molecular weight excluding hydrogens is 497 g/mol. The van der Waals surface area contributed by atoms with E-state index in [0.29, 0.717) is 35.3 Å². The topological polar surface area (TPSA) is 53.8 Å². The molecule has 1 saturated heterocycles. The zero-order valence-corrected chi connectivity index (χ0v) is 22.6. The maximum Gasteiger partial charge on any atom is 0.254 e. The number of ether oxygens (including phenoxy) is 1. The Morgan fingerprint density at radius 1 is 1.06 bits per heavy atom. The normalized spacial score (nSPS) is 14.3. The van der Waals surface area contributed by atoms with Crippen LogP contribution >= 0.6 is 23.2 Å². The number of aromatic nitrogens is 2. The lowest BCUT2D eigenvalue weighted by molar-refractivity contribution is 0.0680. The number of aryl methyl sites for hydroxylation is 1. The quantitative estimate of drug-likeness (QED) is 0.393. The Kier molecular flexibility index (Phi) is 8.90. The van der Waals surface area contributed by atoms with Crippen molar-refractivity contribution in [3.05, 3.63) is 75.4 Å². The summed E-state index contributed by atoms with van der Waals surface area (Å²) in [7, 11) is 1.64. The Morgan fingerprint density at radius 2 is 1.78 bits per heavy atom. The van der Waals surface area contributed by atoms with Gasteiger partial charge in [0, 0.05) is 51.0 Å². The van der Waals surface area contributed by atoms with Gasteiger partial charge in [-0.3, -0.25) is 4.79 Å². The molecule has 4 rings (SSSR count). The van der Waals surface area contributed by atoms with Gasteiger partial charge in [-0.15, -0.1) is 0 Å². The van der Waals surface area contributed by atoms with Crippen LogP contribution in [0, 0.1) is 6.92 Å². The first-order valence-electron chi connectivity index (χ1n) is 12.3. The molecule has 0 N–H and O–H groups in total. The minimum absolute atomic E-state index is 0.126. The van der Waals surface area contributed by atoms with E-state index in [1.807, 2.05) is 29.8 Å². The molecule has 0 atom stereocenters. The number of carbonyl (C=O) groups is 1. The summed E-state index contributed by atoms with van der Waals surface area (Å²) in [5, 5.41) is 5.72. The standard InChI is InChI=1S/C27H33Cl2N5O2/c1-4-31-12-14-32(15-13-31)26-23(20(2)30-34(26)22-8-6-5-7-9-22)19-33(16-17-36-3)27(35)21-10-11-24(28)25(29)18-21/h5-11,18H,4,12-17,19H2,1-3H3. The van der Waals surface area contributed by atoms with Crippen LogP contribution in [0.25, 0.3) is 5.69 Å². The molecule has 1 amide bonds. The van der Waals surface area contributed by atoms with Crippen LogP contribution in [0.5, 0.6) is 0 Å². The molecule has 1 aliphatic heterocycles. The fourth-order valence-electron chi connectivity index (χ4n) is 4.54. The number of rotatable bonds is 9. The molecule has 192 valence electrons. The maximum absolute atomic E-state index is 13.6. The number of piperazine rings is 1. The van der Waals surface area contributed by atoms with Gasteiger partial charge in [0.2, 0.25) is 0 Å². The van der Waals surface area contributed by atoms with Crippen LogP contribution in [0.2, 0.25) is 10.0 Å². The van der Waals surface area contributed by atoms with E-state index in [1.165, 1.54) is 0 Å². The van der Waals surface area contributed by atoms with Crippen molar-refractivity contribution >= 4 is 34.9 Å². The fraction of sp³-hybridized carbons (Fsp3) is 0.407. The molecule has 1 aromatic heterocycles. The van der Waals surface area contributed by atoms with E-state index in [1.54, 1.807) is 30.2 Å². The minimum Gasteiger partial charge on any atom is -0.383 e. The van der Waals surface area contributed by atoms with Crippen LogP contribution in [-0.4, -0.2) is 78.5 Å². The lowest BCUT2D eigenvalue weighted by atomic mass is 10.1. The molecule has 0 saturated carbocycles. The van der Waals surface area contributed by atoms with Gasteiger partial charge in [-0.2, -0.15) is 5.10 Å². The molecule has 7 nitrogen and oxygen atoms in total. The summed E-state index contributed by atoms with van der Waals surface area (Å²) in [5.74, 6) is 0.915. The number of hydrogen-bond acceptors (Lipinski definition) is 5. The second-order valence-corrected chi connectivity index (χ2v) is 9.72. The summed E-state index contributed by atoms with van der Waals surface area (Å²) in [4.78, 5) is 20.2. The third kappa shape index (κ3) is 5.86. The zero-order valence-electron chi connectivity index (χ0n) is 21.1. The number of hydrogen-bond donors (Lipinski definition) is 0. The van der Waals surface area contributed by atoms with Crippen molar-refractivity contribution in [2.45, 2.75) is 20.4 Å². The van der Waals surface area contributed by atoms with E-state index in [9.17, 15) is 4.79 Å². The van der Waals surface area contributed by atoms with Crippen molar-refractivity contribution in [3.8, 4) is 5.69 Å². The summed E-state index contributed by atoms with van der Waals surface area (Å²) in [6.07, 6.45) is 0. The molecule has 2 heterocycles. The summed E-state index contributed by atoms with van der Waals surface area (Å²) in [5.41, 5.74) is 3.43. The van der Waals surface area contributed by atoms with Crippen molar-refractivity contribution in [1.82, 2.24) is 19.6 Å². The highest BCUT2D eigenvalue weighted by Crippen LogP contribution is 2.30. The Hall–Kier alpha value is -2.58. The highest BCUT2D eigenvalue weighted by Gasteiger charge is 2.28. The zero-order chi connectivity index (χ0) is 25.7. The van der Waals surface area contributed by atoms with Crippen LogP contribution in [-0.2, 0) is 11.3 Å². The third-order valence-corrected chi connectivity index (χ3v) is 7.38. The molecule has 2 aromatic carbocycles. The van der Waals surface area contributed by atoms with Gasteiger partial charge < -0.3 is 19.4 Å². The Labute approximate surface area is 223 Å². The molecule has 3 aromatic rings. The van der Waals surface area contributed by atoms with Crippen LogP contribution in [0.15, 0.2) is 48.5 Å². The largest absolute Gasteiger partial charge is 0.383 e. The van der Waals surface area contributed by atoms with Gasteiger partial charge >= 0.3 is 0 Å². The van der Waals surface area contributed by atoms with Gasteiger partial charge in [0.1, 0.15) is 5.82 Å². The number of nitrogens with zero attached hydrogens (tertiary/aromatic N) is 5. The lowest BCUT2D eigenvalue weighted by Gasteiger charge is -2.36. The summed E-state index contributed by atoms with van der Waals surface area (Å²) in [6.45, 7) is 10.3. The van der Waals surface area contributed by atoms with Gasteiger partial charge in [0.05, 0.1) is 34.6 Å². The van der Waals surface area contributed by atoms with E-state index in [4.69, 9.17) is 33.0 Å². The number of carbonyl (C=O) groups excluding carboxylic acids is 1. The Balaban J connectivity index is 1.72. The van der Waals surface area contributed by atoms with Gasteiger partial charge in [-0.1, -0.05) is 48.3 Å². The van der Waals surface area contributed by atoms with Crippen LogP contribution in [0.3, 0.4) is 0 Å². The summed E-state index contributed by atoms with van der Waals surface area (Å²) >= 11 is 12.3. The molecule has 9 heteroatoms. The molecule has 0 radical (unpaired) electrons. The van der Waals surface area contributed by atoms with Crippen LogP contribution in [0.1, 0.15) is 28.5 Å². The summed E-state index contributed by atoms with van der Waals surface area (Å²) in [6, 6.07) is 15.1. The van der Waals surface area contributed by atoms with Crippen molar-refractivity contribution in [2.75, 3.05) is 57.9 Å². The van der Waals surface area contributed by atoms with Gasteiger partial charge in [-0.05, 0) is 43.8 Å². The van der Waals surface area contributed by atoms with Crippen molar-refractivity contribution in [1.29, 1.82) is 0 Å². The van der Waals surface area contributed by atoms with Crippen molar-refractivity contribution < 1.29 is 9.53 Å². The minimum atomic E-state index is -0.126. The first-order chi connectivity index (χ1) is 17.4. The SMILES string of the molecule is CCN1CCN(c2c(CN(CCOC)C(=O)c3ccc(Cl)c(Cl)c3)c(C)nn2-c2ccccc2)CC1. The molecule has 0 unspecified atom stereocenters. The molecule has 36 heavy (non-hydrogen) atoms. The highest BCUT2D eigenvalue weighted by molar-refractivity contribution is 6.42. The smallest absolute Gasteiger partial charge is 0.254 e. The van der Waals surface area contributed by atoms with E-state index < -0.39 is 0 Å². The fourth-order valence-corrected chi connectivity index (χ4v) is 4.84. The predicted molar refractivity (Wildman–Crippen MR) is 146 cm³/mol. The van der Waals surface area contributed by atoms with Gasteiger partial charge in [-0.25, -0.2) is 4.68 Å². The first kappa shape index (κ1) is 26.5. The lowest BCUT2D eigenvalue weighted by Crippen LogP contribution is -2.47. The number of halogens is 2. The molecule has 0 spiro atoms. The third-order valence-electron chi connectivity index (χ3n) is 6.65. The van der Waals surface area contributed by atoms with E-state index in [0.717, 1.165) is 55.5 Å². The second-order valence-electron chi connectivity index (χ2n) is 8.90. The Bertz CT molecular complexity index is 1180. The van der Waals surface area contributed by atoms with Gasteiger partial charge in [0.25, 0.3) is 5.91 Å². The van der Waals surface area contributed by atoms with Crippen LogP contribution in [0.4, 0.5) is 5.82 Å². The number of anilines is 1. The van der Waals surface area contributed by atoms with E-state index in [2.05, 4.69) is 28.9 Å². The monoisotopic (exact) mass is 529 g/mol. The van der Waals surface area contributed by atoms with Crippen molar-refractivity contribution in [2.24, 2.45) is 0 Å². The van der Waals surface area contributed by atoms with Gasteiger partial charge in [0.15, 0.2) is 0 Å². The molecule has 0 bridgehead atoms. The number of likely N-dealkylation sites (N-methyl/N-ethyl adjacent to an activating group) is 1. The molecule has 0 aliphatic carbocycles. The number of para-hydroxylation sites is 1. The average molecular weight is 531 g/mol. The molecule has 1 fully saturated rings. The predicted octanol–water partition coefficient (Wildman–Crippen LogP) is 4.92. The maximum atomic E-state index is 13.6. The summed E-state index contributed by atoms with van der Waals surface area (Å²) < 4.78 is 7.35. The number of methoxy groups -OCH3 is 1. The average Bonchev–Trinajstić information content (AvgIpc) is 3.23. The number of amides is 1. The molecular formula is C27H33Cl2N5O2. The highest BCUT2D eigenvalue weighted by atomic mass is 35.5. The van der Waals surface area contributed by atoms with E-state index >= 15 is 0 Å². The van der Waals surface area contributed by atoms with Crippen molar-refractivity contribution in [3.63, 3.8) is 0 Å². The number of benzene rings is 2. The van der Waals surface area contributed by atoms with Crippen LogP contribution < -0.4 is 4.90 Å².